The largest absolute Gasteiger partial charge is 0.465 e. The van der Waals surface area contributed by atoms with Crippen molar-refractivity contribution >= 4 is 40.5 Å². The van der Waals surface area contributed by atoms with Gasteiger partial charge in [0.05, 0.1) is 40.8 Å². The molecule has 0 aliphatic carbocycles. The van der Waals surface area contributed by atoms with Gasteiger partial charge in [-0.2, -0.15) is 0 Å². The molecule has 0 aliphatic heterocycles. The Morgan fingerprint density at radius 2 is 1.79 bits per heavy atom. The summed E-state index contributed by atoms with van der Waals surface area (Å²) in [7, 11) is 3.01. The van der Waals surface area contributed by atoms with E-state index in [2.05, 4.69) is 10.3 Å². The number of halogens is 1. The maximum absolute atomic E-state index is 12.8. The molecule has 0 saturated heterocycles. The molecule has 142 valence electrons. The maximum atomic E-state index is 12.8. The van der Waals surface area contributed by atoms with Gasteiger partial charge >= 0.3 is 5.97 Å². The molecule has 0 radical (unpaired) electrons. The lowest BCUT2D eigenvalue weighted by molar-refractivity contribution is 0.0600. The fraction of sp³-hybridized carbons (Fsp3) is 0.0952. The van der Waals surface area contributed by atoms with Crippen LogP contribution in [-0.4, -0.2) is 31.0 Å². The topological polar surface area (TPSA) is 71.5 Å². The fourth-order valence-corrected chi connectivity index (χ4v) is 2.77. The van der Waals surface area contributed by atoms with Crippen molar-refractivity contribution in [2.24, 2.45) is 0 Å². The van der Waals surface area contributed by atoms with Crippen LogP contribution >= 0.6 is 11.6 Å². The normalized spacial score (nSPS) is 10.2. The number of nitrogens with one attached hydrogen (secondary N) is 1. The van der Waals surface area contributed by atoms with Crippen molar-refractivity contribution in [1.82, 2.24) is 4.98 Å². The van der Waals surface area contributed by atoms with Crippen molar-refractivity contribution in [2.45, 2.75) is 0 Å². The number of amides is 1. The zero-order chi connectivity index (χ0) is 20.1. The van der Waals surface area contributed by atoms with Crippen molar-refractivity contribution in [3.05, 3.63) is 83.1 Å². The first kappa shape index (κ1) is 19.4. The first-order valence-electron chi connectivity index (χ1n) is 8.42. The van der Waals surface area contributed by atoms with E-state index in [-0.39, 0.29) is 5.91 Å². The van der Waals surface area contributed by atoms with Gasteiger partial charge in [-0.15, -0.1) is 0 Å². The predicted molar refractivity (Wildman–Crippen MR) is 109 cm³/mol. The van der Waals surface area contributed by atoms with Crippen LogP contribution < -0.4 is 10.2 Å². The first-order chi connectivity index (χ1) is 13.5. The van der Waals surface area contributed by atoms with Crippen LogP contribution in [0.15, 0.2) is 67.0 Å². The number of carbonyl (C=O) groups excluding carboxylic acids is 2. The summed E-state index contributed by atoms with van der Waals surface area (Å²) in [5, 5.41) is 3.51. The second-order valence-corrected chi connectivity index (χ2v) is 6.38. The molecule has 28 heavy (non-hydrogen) atoms. The zero-order valence-corrected chi connectivity index (χ0v) is 16.1. The second kappa shape index (κ2) is 8.54. The Bertz CT molecular complexity index is 1010. The Morgan fingerprint density at radius 3 is 2.50 bits per heavy atom. The minimum absolute atomic E-state index is 0.197. The summed E-state index contributed by atoms with van der Waals surface area (Å²) in [5.74, 6) is -0.664. The third-order valence-corrected chi connectivity index (χ3v) is 4.43. The molecule has 6 nitrogen and oxygen atoms in total. The average Bonchev–Trinajstić information content (AvgIpc) is 2.74. The number of para-hydroxylation sites is 1. The van der Waals surface area contributed by atoms with Crippen molar-refractivity contribution < 1.29 is 14.3 Å². The van der Waals surface area contributed by atoms with Crippen LogP contribution in [0.4, 0.5) is 17.1 Å². The average molecular weight is 396 g/mol. The van der Waals surface area contributed by atoms with E-state index in [1.165, 1.54) is 13.3 Å². The Labute approximate surface area is 167 Å². The Hall–Kier alpha value is -3.38. The molecule has 7 heteroatoms. The number of methoxy groups -OCH3 is 1. The molecule has 1 heterocycles. The van der Waals surface area contributed by atoms with Crippen LogP contribution in [0.25, 0.3) is 0 Å². The summed E-state index contributed by atoms with van der Waals surface area (Å²) < 4.78 is 4.73. The van der Waals surface area contributed by atoms with E-state index >= 15 is 0 Å². The van der Waals surface area contributed by atoms with Gasteiger partial charge < -0.3 is 15.0 Å². The van der Waals surface area contributed by atoms with Crippen molar-refractivity contribution in [3.63, 3.8) is 0 Å². The van der Waals surface area contributed by atoms with Gasteiger partial charge in [-0.1, -0.05) is 29.8 Å². The van der Waals surface area contributed by atoms with E-state index in [4.69, 9.17) is 16.3 Å². The lowest BCUT2D eigenvalue weighted by Gasteiger charge is -2.17. The summed E-state index contributed by atoms with van der Waals surface area (Å²) in [5.41, 5.74) is 2.62. The monoisotopic (exact) mass is 395 g/mol. The van der Waals surface area contributed by atoms with Gasteiger partial charge in [0, 0.05) is 18.9 Å². The molecule has 1 amide bonds. The highest BCUT2D eigenvalue weighted by atomic mass is 35.5. The number of hydrogen-bond acceptors (Lipinski definition) is 5. The summed E-state index contributed by atoms with van der Waals surface area (Å²) in [6.45, 7) is 0. The second-order valence-electron chi connectivity index (χ2n) is 5.97. The molecule has 0 atom stereocenters. The number of nitrogens with zero attached hydrogens (tertiary/aromatic N) is 2. The van der Waals surface area contributed by atoms with Gasteiger partial charge in [-0.3, -0.25) is 9.78 Å². The minimum Gasteiger partial charge on any atom is -0.465 e. The smallest absolute Gasteiger partial charge is 0.337 e. The SMILES string of the molecule is COC(=O)c1ccc(Cl)c(Nc2cncc(C(=O)N(C)c3ccccc3)c2)c1. The molecule has 0 aliphatic rings. The maximum Gasteiger partial charge on any atom is 0.337 e. The van der Waals surface area contributed by atoms with Crippen LogP contribution in [0.2, 0.25) is 5.02 Å². The van der Waals surface area contributed by atoms with E-state index in [9.17, 15) is 9.59 Å². The van der Waals surface area contributed by atoms with Gasteiger partial charge in [-0.25, -0.2) is 4.79 Å². The molecular weight excluding hydrogens is 378 g/mol. The number of esters is 1. The van der Waals surface area contributed by atoms with Gasteiger partial charge in [-0.05, 0) is 36.4 Å². The molecule has 0 fully saturated rings. The first-order valence-corrected chi connectivity index (χ1v) is 8.80. The highest BCUT2D eigenvalue weighted by Crippen LogP contribution is 2.27. The van der Waals surface area contributed by atoms with Crippen molar-refractivity contribution in [1.29, 1.82) is 0 Å². The minimum atomic E-state index is -0.466. The highest BCUT2D eigenvalue weighted by Gasteiger charge is 2.15. The summed E-state index contributed by atoms with van der Waals surface area (Å²) in [4.78, 5) is 30.2. The summed E-state index contributed by atoms with van der Waals surface area (Å²) in [6, 6.07) is 15.8. The molecular formula is C21H18ClN3O3. The number of rotatable bonds is 5. The number of anilines is 3. The van der Waals surface area contributed by atoms with Crippen molar-refractivity contribution in [3.8, 4) is 0 Å². The van der Waals surface area contributed by atoms with Crippen LogP contribution in [0.1, 0.15) is 20.7 Å². The number of ether oxygens (including phenoxy) is 1. The molecule has 0 bridgehead atoms. The van der Waals surface area contributed by atoms with Gasteiger partial charge in [0.2, 0.25) is 0 Å². The number of pyridine rings is 1. The standard InChI is InChI=1S/C21H18ClN3O3/c1-25(17-6-4-3-5-7-17)20(26)15-10-16(13-23-12-15)24-19-11-14(21(27)28-2)8-9-18(19)22/h3-13,24H,1-2H3. The fourth-order valence-electron chi connectivity index (χ4n) is 2.61. The van der Waals surface area contributed by atoms with Gasteiger partial charge in [0.1, 0.15) is 0 Å². The molecule has 1 aromatic heterocycles. The molecule has 0 spiro atoms. The molecule has 1 N–H and O–H groups in total. The van der Waals surface area contributed by atoms with Gasteiger partial charge in [0.25, 0.3) is 5.91 Å². The van der Waals surface area contributed by atoms with Crippen LogP contribution in [-0.2, 0) is 4.74 Å². The molecule has 2 aromatic carbocycles. The third kappa shape index (κ3) is 4.29. The molecule has 3 aromatic rings. The lowest BCUT2D eigenvalue weighted by Crippen LogP contribution is -2.26. The van der Waals surface area contributed by atoms with Crippen LogP contribution in [0.5, 0.6) is 0 Å². The Morgan fingerprint density at radius 1 is 1.04 bits per heavy atom. The molecule has 0 saturated carbocycles. The van der Waals surface area contributed by atoms with Crippen LogP contribution in [0, 0.1) is 0 Å². The van der Waals surface area contributed by atoms with Gasteiger partial charge in [0.15, 0.2) is 0 Å². The number of hydrogen-bond donors (Lipinski definition) is 1. The number of carbonyl (C=O) groups is 2. The Balaban J connectivity index is 1.84. The van der Waals surface area contributed by atoms with Crippen molar-refractivity contribution in [2.75, 3.05) is 24.4 Å². The highest BCUT2D eigenvalue weighted by molar-refractivity contribution is 6.33. The quantitative estimate of drug-likeness (QED) is 0.642. The van der Waals surface area contributed by atoms with E-state index in [1.54, 1.807) is 42.4 Å². The summed E-state index contributed by atoms with van der Waals surface area (Å²) >= 11 is 6.22. The Kier molecular flexibility index (Phi) is 5.91. The third-order valence-electron chi connectivity index (χ3n) is 4.10. The van der Waals surface area contributed by atoms with E-state index < -0.39 is 5.97 Å². The number of aromatic nitrogens is 1. The predicted octanol–water partition coefficient (Wildman–Crippen LogP) is 4.54. The summed E-state index contributed by atoms with van der Waals surface area (Å²) in [6.07, 6.45) is 3.07. The molecule has 0 unspecified atom stereocenters. The lowest BCUT2D eigenvalue weighted by atomic mass is 10.2. The van der Waals surface area contributed by atoms with Crippen LogP contribution in [0.3, 0.4) is 0 Å². The van der Waals surface area contributed by atoms with E-state index in [0.717, 1.165) is 5.69 Å². The van der Waals surface area contributed by atoms with E-state index in [0.29, 0.717) is 27.5 Å². The number of benzene rings is 2. The zero-order valence-electron chi connectivity index (χ0n) is 15.3. The van der Waals surface area contributed by atoms with E-state index in [1.807, 2.05) is 30.3 Å². The molecule has 3 rings (SSSR count).